The van der Waals surface area contributed by atoms with Gasteiger partial charge >= 0.3 is 0 Å². The number of nitrogens with one attached hydrogen (secondary N) is 1. The van der Waals surface area contributed by atoms with Gasteiger partial charge in [0.2, 0.25) is 10.0 Å². The van der Waals surface area contributed by atoms with Crippen molar-refractivity contribution in [2.45, 2.75) is 24.7 Å². The van der Waals surface area contributed by atoms with Gasteiger partial charge in [0.1, 0.15) is 0 Å². The van der Waals surface area contributed by atoms with Crippen molar-refractivity contribution in [2.24, 2.45) is 0 Å². The maximum atomic E-state index is 12.2. The van der Waals surface area contributed by atoms with Crippen molar-refractivity contribution in [2.75, 3.05) is 36.8 Å². The third kappa shape index (κ3) is 9.41. The van der Waals surface area contributed by atoms with Gasteiger partial charge in [0.25, 0.3) is 0 Å². The molecular weight excluding hydrogens is 468 g/mol. The minimum atomic E-state index is -3.41. The monoisotopic (exact) mass is 490 g/mol. The summed E-state index contributed by atoms with van der Waals surface area (Å²) in [6, 6.07) is 6.91. The first-order valence-corrected chi connectivity index (χ1v) is 11.1. The van der Waals surface area contributed by atoms with E-state index in [1.54, 1.807) is 12.1 Å². The minimum absolute atomic E-state index is 0. The maximum absolute atomic E-state index is 12.2. The lowest BCUT2D eigenvalue weighted by molar-refractivity contribution is 0.281. The third-order valence-electron chi connectivity index (χ3n) is 3.27. The topological polar surface area (TPSA) is 49.4 Å². The molecule has 0 saturated heterocycles. The standard InChI is InChI=1S/C15H24Br2N2O2S.ClH/c1-14-4-6-15(7-5-14)22(20,21)18-10-13-19(11-2-8-16)12-3-9-17;/h4-7,18H,2-3,8-13H2,1H3;1H. The zero-order chi connectivity index (χ0) is 16.4. The summed E-state index contributed by atoms with van der Waals surface area (Å²) in [4.78, 5) is 2.62. The highest BCUT2D eigenvalue weighted by Gasteiger charge is 2.13. The molecule has 1 aromatic carbocycles. The summed E-state index contributed by atoms with van der Waals surface area (Å²) < 4.78 is 27.1. The first-order valence-electron chi connectivity index (χ1n) is 7.40. The van der Waals surface area contributed by atoms with Gasteiger partial charge in [-0.3, -0.25) is 0 Å². The Hall–Kier alpha value is 0.340. The van der Waals surface area contributed by atoms with Crippen LogP contribution >= 0.6 is 44.3 Å². The van der Waals surface area contributed by atoms with Crippen molar-refractivity contribution in [3.8, 4) is 0 Å². The summed E-state index contributed by atoms with van der Waals surface area (Å²) in [6.45, 7) is 5.05. The molecule has 0 aromatic heterocycles. The van der Waals surface area contributed by atoms with Crippen LogP contribution in [-0.2, 0) is 10.0 Å². The number of hydrogen-bond acceptors (Lipinski definition) is 3. The molecule has 8 heteroatoms. The van der Waals surface area contributed by atoms with Gasteiger partial charge in [0, 0.05) is 23.7 Å². The van der Waals surface area contributed by atoms with Crippen LogP contribution in [0.1, 0.15) is 18.4 Å². The smallest absolute Gasteiger partial charge is 0.240 e. The third-order valence-corrected chi connectivity index (χ3v) is 5.87. The average molecular weight is 493 g/mol. The van der Waals surface area contributed by atoms with Gasteiger partial charge in [0.15, 0.2) is 0 Å². The summed E-state index contributed by atoms with van der Waals surface area (Å²) >= 11 is 6.87. The SMILES string of the molecule is Cc1ccc(S(=O)(=O)NCCN(CCCBr)CCCBr)cc1.Cl. The zero-order valence-electron chi connectivity index (χ0n) is 13.3. The molecule has 0 spiro atoms. The van der Waals surface area contributed by atoms with Crippen LogP contribution in [0, 0.1) is 6.92 Å². The predicted octanol–water partition coefficient (Wildman–Crippen LogP) is 3.57. The van der Waals surface area contributed by atoms with E-state index in [9.17, 15) is 8.42 Å². The van der Waals surface area contributed by atoms with Crippen molar-refractivity contribution >= 4 is 54.3 Å². The molecule has 0 saturated carbocycles. The first-order chi connectivity index (χ1) is 10.5. The lowest BCUT2D eigenvalue weighted by Gasteiger charge is -2.21. The molecule has 0 fully saturated rings. The Morgan fingerprint density at radius 2 is 1.52 bits per heavy atom. The Morgan fingerprint density at radius 1 is 1.00 bits per heavy atom. The Kier molecular flexibility index (Phi) is 12.9. The average Bonchev–Trinajstić information content (AvgIpc) is 2.49. The van der Waals surface area contributed by atoms with Gasteiger partial charge in [-0.15, -0.1) is 12.4 Å². The number of rotatable bonds is 11. The number of sulfonamides is 1. The number of nitrogens with zero attached hydrogens (tertiary/aromatic N) is 1. The highest BCUT2D eigenvalue weighted by molar-refractivity contribution is 9.09. The molecule has 0 aliphatic heterocycles. The van der Waals surface area contributed by atoms with E-state index >= 15 is 0 Å². The lowest BCUT2D eigenvalue weighted by atomic mass is 10.2. The fraction of sp³-hybridized carbons (Fsp3) is 0.600. The normalized spacial score (nSPS) is 11.5. The number of aryl methyl sites for hydroxylation is 1. The van der Waals surface area contributed by atoms with Crippen LogP contribution in [0.15, 0.2) is 29.2 Å². The zero-order valence-corrected chi connectivity index (χ0v) is 18.1. The van der Waals surface area contributed by atoms with Crippen LogP contribution in [0.5, 0.6) is 0 Å². The first kappa shape index (κ1) is 23.3. The van der Waals surface area contributed by atoms with Crippen LogP contribution in [0.2, 0.25) is 0 Å². The van der Waals surface area contributed by atoms with Gasteiger partial charge in [0.05, 0.1) is 4.90 Å². The Labute approximate surface area is 163 Å². The number of benzene rings is 1. The second-order valence-electron chi connectivity index (χ2n) is 5.14. The summed E-state index contributed by atoms with van der Waals surface area (Å²) in [5, 5.41) is 1.93. The van der Waals surface area contributed by atoms with Gasteiger partial charge in [-0.2, -0.15) is 0 Å². The van der Waals surface area contributed by atoms with E-state index in [1.807, 2.05) is 19.1 Å². The Bertz CT molecular complexity index is 519. The Balaban J connectivity index is 0.00000484. The molecule has 0 aliphatic rings. The molecule has 1 aromatic rings. The number of halogens is 3. The van der Waals surface area contributed by atoms with E-state index in [0.29, 0.717) is 11.4 Å². The summed E-state index contributed by atoms with van der Waals surface area (Å²) in [5.41, 5.74) is 1.05. The van der Waals surface area contributed by atoms with Crippen LogP contribution in [0.4, 0.5) is 0 Å². The molecule has 0 bridgehead atoms. The van der Waals surface area contributed by atoms with Gasteiger partial charge in [-0.05, 0) is 45.0 Å². The van der Waals surface area contributed by atoms with Crippen LogP contribution in [-0.4, -0.2) is 50.2 Å². The van der Waals surface area contributed by atoms with E-state index < -0.39 is 10.0 Å². The van der Waals surface area contributed by atoms with Gasteiger partial charge < -0.3 is 4.90 Å². The highest BCUT2D eigenvalue weighted by atomic mass is 79.9. The van der Waals surface area contributed by atoms with Gasteiger partial charge in [-0.25, -0.2) is 13.1 Å². The maximum Gasteiger partial charge on any atom is 0.240 e. The molecule has 0 radical (unpaired) electrons. The summed E-state index contributed by atoms with van der Waals surface area (Å²) in [5.74, 6) is 0. The van der Waals surface area contributed by atoms with Gasteiger partial charge in [-0.1, -0.05) is 49.6 Å². The van der Waals surface area contributed by atoms with E-state index in [-0.39, 0.29) is 12.4 Å². The molecule has 23 heavy (non-hydrogen) atoms. The van der Waals surface area contributed by atoms with Crippen LogP contribution in [0.3, 0.4) is 0 Å². The van der Waals surface area contributed by atoms with E-state index in [1.165, 1.54) is 0 Å². The molecule has 1 rings (SSSR count). The fourth-order valence-electron chi connectivity index (χ4n) is 2.04. The number of alkyl halides is 2. The predicted molar refractivity (Wildman–Crippen MR) is 107 cm³/mol. The second kappa shape index (κ2) is 12.7. The van der Waals surface area contributed by atoms with E-state index in [2.05, 4.69) is 41.5 Å². The quantitative estimate of drug-likeness (QED) is 0.481. The van der Waals surface area contributed by atoms with Crippen LogP contribution < -0.4 is 4.72 Å². The van der Waals surface area contributed by atoms with Crippen molar-refractivity contribution in [3.05, 3.63) is 29.8 Å². The van der Waals surface area contributed by atoms with E-state index in [0.717, 1.165) is 48.7 Å². The molecule has 0 atom stereocenters. The summed E-state index contributed by atoms with van der Waals surface area (Å²) in [7, 11) is -3.41. The Morgan fingerprint density at radius 3 is 2.00 bits per heavy atom. The lowest BCUT2D eigenvalue weighted by Crippen LogP contribution is -2.36. The molecule has 0 unspecified atom stereocenters. The van der Waals surface area contributed by atoms with E-state index in [4.69, 9.17) is 0 Å². The van der Waals surface area contributed by atoms with Crippen molar-refractivity contribution in [3.63, 3.8) is 0 Å². The van der Waals surface area contributed by atoms with Crippen molar-refractivity contribution in [1.82, 2.24) is 9.62 Å². The molecule has 4 nitrogen and oxygen atoms in total. The minimum Gasteiger partial charge on any atom is -0.302 e. The molecule has 0 heterocycles. The summed E-state index contributed by atoms with van der Waals surface area (Å²) in [6.07, 6.45) is 2.12. The second-order valence-corrected chi connectivity index (χ2v) is 8.49. The molecule has 1 N–H and O–H groups in total. The fourth-order valence-corrected chi connectivity index (χ4v) is 3.56. The van der Waals surface area contributed by atoms with Crippen molar-refractivity contribution < 1.29 is 8.42 Å². The molecule has 0 aliphatic carbocycles. The van der Waals surface area contributed by atoms with Crippen molar-refractivity contribution in [1.29, 1.82) is 0 Å². The molecule has 0 amide bonds. The number of hydrogen-bond donors (Lipinski definition) is 1. The largest absolute Gasteiger partial charge is 0.302 e. The molecular formula is C15H25Br2ClN2O2S. The van der Waals surface area contributed by atoms with Crippen LogP contribution in [0.25, 0.3) is 0 Å². The highest BCUT2D eigenvalue weighted by Crippen LogP contribution is 2.09. The molecule has 134 valence electrons.